The summed E-state index contributed by atoms with van der Waals surface area (Å²) in [5.74, 6) is 0.151. The fraction of sp³-hybridized carbons (Fsp3) is 0.357. The lowest BCUT2D eigenvalue weighted by atomic mass is 10.1. The zero-order chi connectivity index (χ0) is 13.1. The predicted molar refractivity (Wildman–Crippen MR) is 70.4 cm³/mol. The molecule has 0 aliphatic rings. The van der Waals surface area contributed by atoms with Gasteiger partial charge in [0, 0.05) is 11.1 Å². The van der Waals surface area contributed by atoms with Gasteiger partial charge < -0.3 is 14.9 Å². The van der Waals surface area contributed by atoms with Gasteiger partial charge in [-0.3, -0.25) is 0 Å². The summed E-state index contributed by atoms with van der Waals surface area (Å²) in [5, 5.41) is 0.811. The van der Waals surface area contributed by atoms with Crippen molar-refractivity contribution >= 4 is 22.6 Å². The number of furan rings is 1. The number of benzene rings is 1. The van der Waals surface area contributed by atoms with Crippen LogP contribution in [-0.2, 0) is 4.74 Å². The van der Waals surface area contributed by atoms with E-state index < -0.39 is 5.97 Å². The molecule has 0 bridgehead atoms. The molecule has 0 aliphatic carbocycles. The van der Waals surface area contributed by atoms with E-state index in [1.54, 1.807) is 24.3 Å². The topological polar surface area (TPSA) is 65.5 Å². The number of rotatable bonds is 4. The fourth-order valence-electron chi connectivity index (χ4n) is 1.57. The van der Waals surface area contributed by atoms with Crippen LogP contribution in [0.25, 0.3) is 11.0 Å². The van der Waals surface area contributed by atoms with E-state index in [9.17, 15) is 4.79 Å². The Labute approximate surface area is 106 Å². The van der Waals surface area contributed by atoms with Gasteiger partial charge in [-0.1, -0.05) is 20.3 Å². The molecule has 0 radical (unpaired) electrons. The van der Waals surface area contributed by atoms with E-state index in [1.807, 2.05) is 6.92 Å². The number of esters is 1. The van der Waals surface area contributed by atoms with Gasteiger partial charge in [0.15, 0.2) is 0 Å². The van der Waals surface area contributed by atoms with Crippen LogP contribution in [0.4, 0.5) is 5.69 Å². The number of carbonyl (C=O) groups excluding carboxylic acids is 1. The summed E-state index contributed by atoms with van der Waals surface area (Å²) in [4.78, 5) is 11.8. The average molecular weight is 247 g/mol. The Balaban J connectivity index is 2.13. The third-order valence-electron chi connectivity index (χ3n) is 2.94. The second-order valence-electron chi connectivity index (χ2n) is 4.52. The van der Waals surface area contributed by atoms with Crippen LogP contribution in [0, 0.1) is 5.92 Å². The maximum absolute atomic E-state index is 11.8. The van der Waals surface area contributed by atoms with E-state index in [0.717, 1.165) is 11.8 Å². The molecule has 1 aromatic heterocycles. The highest BCUT2D eigenvalue weighted by Gasteiger charge is 2.14. The molecule has 2 aromatic rings. The molecule has 2 rings (SSSR count). The van der Waals surface area contributed by atoms with Crippen LogP contribution in [0.2, 0.25) is 0 Å². The van der Waals surface area contributed by atoms with E-state index >= 15 is 0 Å². The Morgan fingerprint density at radius 1 is 1.44 bits per heavy atom. The highest BCUT2D eigenvalue weighted by Crippen LogP contribution is 2.22. The van der Waals surface area contributed by atoms with Gasteiger partial charge in [-0.2, -0.15) is 0 Å². The number of nitrogens with two attached hydrogens (primary N) is 1. The van der Waals surface area contributed by atoms with Gasteiger partial charge >= 0.3 is 5.97 Å². The molecule has 0 fully saturated rings. The van der Waals surface area contributed by atoms with Gasteiger partial charge in [0.2, 0.25) is 5.76 Å². The Hall–Kier alpha value is -1.97. The minimum Gasteiger partial charge on any atom is -0.460 e. The molecule has 0 aliphatic heterocycles. The zero-order valence-electron chi connectivity index (χ0n) is 10.6. The van der Waals surface area contributed by atoms with Crippen molar-refractivity contribution in [1.29, 1.82) is 0 Å². The number of nitrogen functional groups attached to an aromatic ring is 1. The first-order valence-corrected chi connectivity index (χ1v) is 6.06. The quantitative estimate of drug-likeness (QED) is 0.665. The lowest BCUT2D eigenvalue weighted by Crippen LogP contribution is -2.10. The van der Waals surface area contributed by atoms with Crippen molar-refractivity contribution in [1.82, 2.24) is 0 Å². The summed E-state index contributed by atoms with van der Waals surface area (Å²) in [6.45, 7) is 4.50. The van der Waals surface area contributed by atoms with Crippen LogP contribution in [0.15, 0.2) is 28.7 Å². The molecule has 0 amide bonds. The Morgan fingerprint density at radius 3 is 2.94 bits per heavy atom. The van der Waals surface area contributed by atoms with Crippen LogP contribution >= 0.6 is 0 Å². The molecular formula is C14H17NO3. The maximum atomic E-state index is 11.8. The molecular weight excluding hydrogens is 230 g/mol. The molecule has 96 valence electrons. The molecule has 0 spiro atoms. The highest BCUT2D eigenvalue weighted by atomic mass is 16.5. The summed E-state index contributed by atoms with van der Waals surface area (Å²) in [6, 6.07) is 6.91. The van der Waals surface area contributed by atoms with Gasteiger partial charge in [0.05, 0.1) is 6.61 Å². The van der Waals surface area contributed by atoms with Gasteiger partial charge in [0.25, 0.3) is 0 Å². The van der Waals surface area contributed by atoms with Gasteiger partial charge in [-0.05, 0) is 30.2 Å². The number of anilines is 1. The fourth-order valence-corrected chi connectivity index (χ4v) is 1.57. The lowest BCUT2D eigenvalue weighted by molar-refractivity contribution is 0.0413. The summed E-state index contributed by atoms with van der Waals surface area (Å²) in [5.41, 5.74) is 6.95. The van der Waals surface area contributed by atoms with Crippen LogP contribution in [-0.4, -0.2) is 12.6 Å². The molecule has 18 heavy (non-hydrogen) atoms. The second-order valence-corrected chi connectivity index (χ2v) is 4.52. The minimum atomic E-state index is -0.426. The molecule has 1 unspecified atom stereocenters. The summed E-state index contributed by atoms with van der Waals surface area (Å²) < 4.78 is 10.6. The second kappa shape index (κ2) is 5.12. The molecule has 0 saturated carbocycles. The molecule has 1 aromatic carbocycles. The SMILES string of the molecule is CCC(C)COC(=O)c1cc2cc(N)ccc2o1. The molecule has 0 saturated heterocycles. The first-order chi connectivity index (χ1) is 8.60. The van der Waals surface area contributed by atoms with E-state index in [4.69, 9.17) is 14.9 Å². The monoisotopic (exact) mass is 247 g/mol. The number of ether oxygens (including phenoxy) is 1. The van der Waals surface area contributed by atoms with Crippen LogP contribution in [0.3, 0.4) is 0 Å². The van der Waals surface area contributed by atoms with Crippen molar-refractivity contribution in [3.05, 3.63) is 30.0 Å². The Kier molecular flexibility index (Phi) is 3.55. The third kappa shape index (κ3) is 2.64. The lowest BCUT2D eigenvalue weighted by Gasteiger charge is -2.07. The molecule has 1 atom stereocenters. The van der Waals surface area contributed by atoms with E-state index in [2.05, 4.69) is 6.92 Å². The highest BCUT2D eigenvalue weighted by molar-refractivity contribution is 5.93. The zero-order valence-corrected chi connectivity index (χ0v) is 10.6. The van der Waals surface area contributed by atoms with Gasteiger partial charge in [0.1, 0.15) is 5.58 Å². The molecule has 1 heterocycles. The van der Waals surface area contributed by atoms with Crippen molar-refractivity contribution < 1.29 is 13.9 Å². The first kappa shape index (κ1) is 12.5. The van der Waals surface area contributed by atoms with E-state index in [1.165, 1.54) is 0 Å². The van der Waals surface area contributed by atoms with Crippen LogP contribution in [0.5, 0.6) is 0 Å². The summed E-state index contributed by atoms with van der Waals surface area (Å²) in [6.07, 6.45) is 0.976. The normalized spacial score (nSPS) is 12.6. The molecule has 4 nitrogen and oxygen atoms in total. The first-order valence-electron chi connectivity index (χ1n) is 6.06. The molecule has 4 heteroatoms. The Bertz CT molecular complexity index is 559. The van der Waals surface area contributed by atoms with E-state index in [0.29, 0.717) is 23.8 Å². The summed E-state index contributed by atoms with van der Waals surface area (Å²) >= 11 is 0. The standard InChI is InChI=1S/C14H17NO3/c1-3-9(2)8-17-14(16)13-7-10-6-11(15)4-5-12(10)18-13/h4-7,9H,3,8,15H2,1-2H3. The summed E-state index contributed by atoms with van der Waals surface area (Å²) in [7, 11) is 0. The maximum Gasteiger partial charge on any atom is 0.374 e. The number of carbonyl (C=O) groups is 1. The largest absolute Gasteiger partial charge is 0.460 e. The number of hydrogen-bond acceptors (Lipinski definition) is 4. The smallest absolute Gasteiger partial charge is 0.374 e. The van der Waals surface area contributed by atoms with Crippen molar-refractivity contribution in [2.75, 3.05) is 12.3 Å². The average Bonchev–Trinajstić information content (AvgIpc) is 2.78. The van der Waals surface area contributed by atoms with Gasteiger partial charge in [-0.25, -0.2) is 4.79 Å². The van der Waals surface area contributed by atoms with Crippen molar-refractivity contribution in [2.24, 2.45) is 5.92 Å². The van der Waals surface area contributed by atoms with E-state index in [-0.39, 0.29) is 5.76 Å². The molecule has 2 N–H and O–H groups in total. The number of hydrogen-bond donors (Lipinski definition) is 1. The number of fused-ring (bicyclic) bond motifs is 1. The van der Waals surface area contributed by atoms with Gasteiger partial charge in [-0.15, -0.1) is 0 Å². The third-order valence-corrected chi connectivity index (χ3v) is 2.94. The van der Waals surface area contributed by atoms with Crippen LogP contribution < -0.4 is 5.73 Å². The Morgan fingerprint density at radius 2 is 2.22 bits per heavy atom. The van der Waals surface area contributed by atoms with Crippen molar-refractivity contribution in [3.8, 4) is 0 Å². The van der Waals surface area contributed by atoms with Crippen molar-refractivity contribution in [3.63, 3.8) is 0 Å². The predicted octanol–water partition coefficient (Wildman–Crippen LogP) is 3.22. The van der Waals surface area contributed by atoms with Crippen molar-refractivity contribution in [2.45, 2.75) is 20.3 Å². The minimum absolute atomic E-state index is 0.221. The van der Waals surface area contributed by atoms with Crippen LogP contribution in [0.1, 0.15) is 30.8 Å².